The maximum Gasteiger partial charge on any atom is 0.334 e. The van der Waals surface area contributed by atoms with E-state index in [2.05, 4.69) is 6.58 Å². The standard InChI is InChI=1S/C19H26O6/c1-11(2)18(22)24-15-7-13(9-20)5-4-6-14(10-21)8-16-17(15)12(3)19(23)25-16/h5,8,11,15-17,20-21H,3-4,6-7,9-10H2,1-2H3/b13-5-,14-8-/t15-,16-,17-/m1/s1. The summed E-state index contributed by atoms with van der Waals surface area (Å²) in [6.07, 6.45) is 3.88. The van der Waals surface area contributed by atoms with Gasteiger partial charge in [-0.3, -0.25) is 4.79 Å². The number of aliphatic hydroxyl groups is 2. The van der Waals surface area contributed by atoms with Gasteiger partial charge in [0, 0.05) is 12.0 Å². The van der Waals surface area contributed by atoms with Crippen LogP contribution in [-0.2, 0) is 19.1 Å². The van der Waals surface area contributed by atoms with E-state index in [4.69, 9.17) is 9.47 Å². The van der Waals surface area contributed by atoms with Crippen LogP contribution in [0.3, 0.4) is 0 Å². The van der Waals surface area contributed by atoms with E-state index in [1.54, 1.807) is 19.9 Å². The van der Waals surface area contributed by atoms with Crippen LogP contribution in [0.4, 0.5) is 0 Å². The summed E-state index contributed by atoms with van der Waals surface area (Å²) in [6, 6.07) is 0. The van der Waals surface area contributed by atoms with Crippen molar-refractivity contribution in [1.82, 2.24) is 0 Å². The number of rotatable bonds is 4. The van der Waals surface area contributed by atoms with Gasteiger partial charge >= 0.3 is 11.9 Å². The lowest BCUT2D eigenvalue weighted by atomic mass is 9.85. The number of aliphatic hydroxyl groups excluding tert-OH is 2. The fraction of sp³-hybridized carbons (Fsp3) is 0.579. The predicted molar refractivity (Wildman–Crippen MR) is 91.4 cm³/mol. The Morgan fingerprint density at radius 2 is 2.04 bits per heavy atom. The topological polar surface area (TPSA) is 93.1 Å². The SMILES string of the molecule is C=C1C(=O)O[C@@H]2/C=C(\CO)CC/C=C(\CO)C[C@@H](OC(=O)C(C)C)[C@@H]12. The van der Waals surface area contributed by atoms with Crippen LogP contribution in [-0.4, -0.2) is 47.6 Å². The van der Waals surface area contributed by atoms with E-state index < -0.39 is 24.1 Å². The molecule has 0 aromatic heterocycles. The van der Waals surface area contributed by atoms with Crippen LogP contribution in [0.1, 0.15) is 33.1 Å². The molecule has 1 aliphatic carbocycles. The highest BCUT2D eigenvalue weighted by Gasteiger charge is 2.44. The number of hydrogen-bond donors (Lipinski definition) is 2. The van der Waals surface area contributed by atoms with E-state index in [9.17, 15) is 19.8 Å². The Bertz CT molecular complexity index is 601. The molecule has 0 amide bonds. The highest BCUT2D eigenvalue weighted by atomic mass is 16.6. The third-order valence-electron chi connectivity index (χ3n) is 4.57. The Hall–Kier alpha value is -1.92. The van der Waals surface area contributed by atoms with E-state index in [0.717, 1.165) is 11.1 Å². The minimum absolute atomic E-state index is 0.147. The maximum absolute atomic E-state index is 12.1. The molecular formula is C19H26O6. The molecule has 138 valence electrons. The van der Waals surface area contributed by atoms with Gasteiger partial charge in [-0.25, -0.2) is 4.79 Å². The van der Waals surface area contributed by atoms with Gasteiger partial charge in [0.25, 0.3) is 0 Å². The molecule has 0 aromatic carbocycles. The highest BCUT2D eigenvalue weighted by molar-refractivity contribution is 5.91. The van der Waals surface area contributed by atoms with Crippen molar-refractivity contribution in [3.05, 3.63) is 35.5 Å². The molecule has 0 spiro atoms. The molecule has 0 radical (unpaired) electrons. The molecule has 1 aliphatic heterocycles. The van der Waals surface area contributed by atoms with E-state index in [1.807, 2.05) is 6.08 Å². The quantitative estimate of drug-likeness (QED) is 0.455. The van der Waals surface area contributed by atoms with Crippen LogP contribution in [0.5, 0.6) is 0 Å². The summed E-state index contributed by atoms with van der Waals surface area (Å²) in [5, 5.41) is 19.2. The van der Waals surface area contributed by atoms with Gasteiger partial charge in [-0.15, -0.1) is 0 Å². The molecule has 1 heterocycles. The first-order chi connectivity index (χ1) is 11.9. The number of esters is 2. The average molecular weight is 350 g/mol. The van der Waals surface area contributed by atoms with Gasteiger partial charge in [0.2, 0.25) is 0 Å². The van der Waals surface area contributed by atoms with Crippen molar-refractivity contribution in [2.24, 2.45) is 11.8 Å². The molecule has 6 heteroatoms. The lowest BCUT2D eigenvalue weighted by Crippen LogP contribution is -2.35. The Labute approximate surface area is 147 Å². The van der Waals surface area contributed by atoms with Gasteiger partial charge in [-0.05, 0) is 30.1 Å². The third-order valence-corrected chi connectivity index (χ3v) is 4.57. The summed E-state index contributed by atoms with van der Waals surface area (Å²) in [5.74, 6) is -1.76. The van der Waals surface area contributed by atoms with Crippen LogP contribution in [0.15, 0.2) is 35.5 Å². The van der Waals surface area contributed by atoms with Crippen molar-refractivity contribution < 1.29 is 29.3 Å². The van der Waals surface area contributed by atoms with E-state index in [-0.39, 0.29) is 30.7 Å². The molecule has 2 rings (SSSR count). The smallest absolute Gasteiger partial charge is 0.334 e. The highest BCUT2D eigenvalue weighted by Crippen LogP contribution is 2.36. The number of allylic oxidation sites excluding steroid dienone is 1. The molecule has 0 aromatic rings. The van der Waals surface area contributed by atoms with Crippen molar-refractivity contribution in [3.63, 3.8) is 0 Å². The average Bonchev–Trinajstić information content (AvgIpc) is 2.85. The van der Waals surface area contributed by atoms with Crippen molar-refractivity contribution in [2.75, 3.05) is 13.2 Å². The van der Waals surface area contributed by atoms with Crippen LogP contribution >= 0.6 is 0 Å². The van der Waals surface area contributed by atoms with Crippen molar-refractivity contribution in [3.8, 4) is 0 Å². The number of ether oxygens (including phenoxy) is 2. The molecule has 25 heavy (non-hydrogen) atoms. The number of hydrogen-bond acceptors (Lipinski definition) is 6. The second kappa shape index (κ2) is 8.45. The molecule has 2 aliphatic rings. The van der Waals surface area contributed by atoms with Gasteiger partial charge in [0.05, 0.1) is 25.0 Å². The monoisotopic (exact) mass is 350 g/mol. The molecular weight excluding hydrogens is 324 g/mol. The Balaban J connectivity index is 2.41. The van der Waals surface area contributed by atoms with Crippen LogP contribution < -0.4 is 0 Å². The summed E-state index contributed by atoms with van der Waals surface area (Å²) < 4.78 is 11.0. The van der Waals surface area contributed by atoms with Crippen LogP contribution in [0, 0.1) is 11.8 Å². The van der Waals surface area contributed by atoms with Crippen molar-refractivity contribution >= 4 is 11.9 Å². The minimum atomic E-state index is -0.661. The van der Waals surface area contributed by atoms with Gasteiger partial charge in [-0.2, -0.15) is 0 Å². The second-order valence-corrected chi connectivity index (χ2v) is 6.80. The molecule has 0 saturated carbocycles. The van der Waals surface area contributed by atoms with E-state index in [0.29, 0.717) is 19.3 Å². The van der Waals surface area contributed by atoms with Gasteiger partial charge in [0.1, 0.15) is 12.2 Å². The van der Waals surface area contributed by atoms with Crippen LogP contribution in [0.2, 0.25) is 0 Å². The molecule has 1 fully saturated rings. The Kier molecular flexibility index (Phi) is 6.56. The number of fused-ring (bicyclic) bond motifs is 1. The molecule has 0 unspecified atom stereocenters. The first-order valence-electron chi connectivity index (χ1n) is 8.56. The maximum atomic E-state index is 12.1. The summed E-state index contributed by atoms with van der Waals surface area (Å²) in [6.45, 7) is 6.97. The largest absolute Gasteiger partial charge is 0.461 e. The zero-order valence-corrected chi connectivity index (χ0v) is 14.7. The van der Waals surface area contributed by atoms with E-state index in [1.165, 1.54) is 0 Å². The lowest BCUT2D eigenvalue weighted by Gasteiger charge is -2.28. The van der Waals surface area contributed by atoms with Gasteiger partial charge in [-0.1, -0.05) is 26.5 Å². The normalized spacial score (nSPS) is 31.5. The summed E-state index contributed by atoms with van der Waals surface area (Å²) in [5.41, 5.74) is 1.71. The molecule has 1 saturated heterocycles. The first-order valence-corrected chi connectivity index (χ1v) is 8.56. The Morgan fingerprint density at radius 3 is 2.64 bits per heavy atom. The fourth-order valence-electron chi connectivity index (χ4n) is 3.09. The minimum Gasteiger partial charge on any atom is -0.461 e. The van der Waals surface area contributed by atoms with Gasteiger partial charge < -0.3 is 19.7 Å². The van der Waals surface area contributed by atoms with Crippen molar-refractivity contribution in [1.29, 1.82) is 0 Å². The molecule has 2 N–H and O–H groups in total. The number of carbonyl (C=O) groups is 2. The summed E-state index contributed by atoms with van der Waals surface area (Å²) in [4.78, 5) is 24.2. The second-order valence-electron chi connectivity index (χ2n) is 6.80. The van der Waals surface area contributed by atoms with Crippen LogP contribution in [0.25, 0.3) is 0 Å². The Morgan fingerprint density at radius 1 is 1.36 bits per heavy atom. The molecule has 6 nitrogen and oxygen atoms in total. The first kappa shape index (κ1) is 19.4. The van der Waals surface area contributed by atoms with Crippen molar-refractivity contribution in [2.45, 2.75) is 45.3 Å². The molecule has 3 atom stereocenters. The number of carbonyl (C=O) groups excluding carboxylic acids is 2. The predicted octanol–water partition coefficient (Wildman–Crippen LogP) is 1.67. The zero-order chi connectivity index (χ0) is 18.6. The summed E-state index contributed by atoms with van der Waals surface area (Å²) >= 11 is 0. The molecule has 0 bridgehead atoms. The third kappa shape index (κ3) is 4.58. The van der Waals surface area contributed by atoms with Gasteiger partial charge in [0.15, 0.2) is 0 Å². The zero-order valence-electron chi connectivity index (χ0n) is 14.7. The summed E-state index contributed by atoms with van der Waals surface area (Å²) in [7, 11) is 0. The fourth-order valence-corrected chi connectivity index (χ4v) is 3.09. The lowest BCUT2D eigenvalue weighted by molar-refractivity contribution is -0.155. The van der Waals surface area contributed by atoms with E-state index >= 15 is 0 Å².